The van der Waals surface area contributed by atoms with Crippen molar-refractivity contribution in [3.63, 3.8) is 0 Å². The lowest BCUT2D eigenvalue weighted by atomic mass is 10.0. The number of rotatable bonds is 5. The number of carbonyl (C=O) groups is 1. The van der Waals surface area contributed by atoms with E-state index in [1.807, 2.05) is 25.1 Å². The van der Waals surface area contributed by atoms with Crippen LogP contribution in [0.5, 0.6) is 5.75 Å². The number of benzene rings is 2. The molecule has 0 aliphatic rings. The van der Waals surface area contributed by atoms with Crippen LogP contribution in [-0.2, 0) is 0 Å². The number of aryl methyl sites for hydroxylation is 1. The number of halogens is 1. The largest absolute Gasteiger partial charge is 0.496 e. The molecule has 0 spiro atoms. The lowest BCUT2D eigenvalue weighted by Gasteiger charge is -2.18. The summed E-state index contributed by atoms with van der Waals surface area (Å²) < 4.78 is 5.31. The molecule has 24 heavy (non-hydrogen) atoms. The molecule has 126 valence electrons. The third kappa shape index (κ3) is 3.83. The van der Waals surface area contributed by atoms with E-state index in [0.29, 0.717) is 5.75 Å². The Labute approximate surface area is 144 Å². The molecule has 0 radical (unpaired) electrons. The van der Waals surface area contributed by atoms with Crippen molar-refractivity contribution in [1.82, 2.24) is 5.32 Å². The van der Waals surface area contributed by atoms with Crippen LogP contribution in [0, 0.1) is 17.0 Å². The molecule has 0 aromatic heterocycles. The van der Waals surface area contributed by atoms with E-state index in [0.717, 1.165) is 17.2 Å². The Bertz CT molecular complexity index is 792. The molecule has 7 heteroatoms. The maximum atomic E-state index is 12.5. The second-order valence-electron chi connectivity index (χ2n) is 5.36. The maximum Gasteiger partial charge on any atom is 0.283 e. The van der Waals surface area contributed by atoms with Crippen molar-refractivity contribution in [2.45, 2.75) is 19.9 Å². The molecule has 0 heterocycles. The summed E-state index contributed by atoms with van der Waals surface area (Å²) in [5, 5.41) is 14.1. The number of amides is 1. The number of hydrogen-bond donors (Lipinski definition) is 1. The summed E-state index contributed by atoms with van der Waals surface area (Å²) in [6.07, 6.45) is 0. The monoisotopic (exact) mass is 348 g/mol. The average Bonchev–Trinajstić information content (AvgIpc) is 2.54. The third-order valence-corrected chi connectivity index (χ3v) is 3.84. The van der Waals surface area contributed by atoms with Gasteiger partial charge in [0.2, 0.25) is 0 Å². The van der Waals surface area contributed by atoms with Gasteiger partial charge in [0.15, 0.2) is 0 Å². The molecule has 0 bridgehead atoms. The van der Waals surface area contributed by atoms with Crippen molar-refractivity contribution >= 4 is 23.2 Å². The van der Waals surface area contributed by atoms with Gasteiger partial charge in [-0.3, -0.25) is 14.9 Å². The molecule has 0 aliphatic heterocycles. The van der Waals surface area contributed by atoms with Crippen molar-refractivity contribution in [2.24, 2.45) is 0 Å². The highest BCUT2D eigenvalue weighted by atomic mass is 35.5. The molecule has 1 atom stereocenters. The number of nitro benzene ring substituents is 1. The molecule has 1 unspecified atom stereocenters. The van der Waals surface area contributed by atoms with E-state index in [9.17, 15) is 14.9 Å². The van der Waals surface area contributed by atoms with Gasteiger partial charge in [-0.25, -0.2) is 0 Å². The molecule has 2 rings (SSSR count). The molecule has 0 fully saturated rings. The zero-order valence-corrected chi connectivity index (χ0v) is 14.3. The van der Waals surface area contributed by atoms with Gasteiger partial charge in [-0.05, 0) is 32.0 Å². The summed E-state index contributed by atoms with van der Waals surface area (Å²) in [5.41, 5.74) is 1.44. The normalized spacial score (nSPS) is 11.7. The Hall–Kier alpha value is -2.60. The molecule has 0 saturated heterocycles. The molecule has 2 aromatic carbocycles. The number of methoxy groups -OCH3 is 1. The van der Waals surface area contributed by atoms with E-state index in [-0.39, 0.29) is 22.3 Å². The predicted octanol–water partition coefficient (Wildman–Crippen LogP) is 4.06. The van der Waals surface area contributed by atoms with E-state index in [2.05, 4.69) is 5.32 Å². The van der Waals surface area contributed by atoms with Gasteiger partial charge in [0.1, 0.15) is 11.3 Å². The van der Waals surface area contributed by atoms with Crippen LogP contribution < -0.4 is 10.1 Å². The molecule has 6 nitrogen and oxygen atoms in total. The molecular weight excluding hydrogens is 332 g/mol. The lowest BCUT2D eigenvalue weighted by Crippen LogP contribution is -2.27. The molecule has 1 N–H and O–H groups in total. The van der Waals surface area contributed by atoms with Crippen molar-refractivity contribution in [2.75, 3.05) is 7.11 Å². The lowest BCUT2D eigenvalue weighted by molar-refractivity contribution is -0.385. The van der Waals surface area contributed by atoms with Gasteiger partial charge >= 0.3 is 0 Å². The van der Waals surface area contributed by atoms with Gasteiger partial charge in [-0.1, -0.05) is 29.3 Å². The molecule has 2 aromatic rings. The highest BCUT2D eigenvalue weighted by molar-refractivity contribution is 6.31. The van der Waals surface area contributed by atoms with Crippen LogP contribution in [0.25, 0.3) is 0 Å². The zero-order valence-electron chi connectivity index (χ0n) is 13.5. The van der Waals surface area contributed by atoms with Gasteiger partial charge in [0, 0.05) is 16.7 Å². The van der Waals surface area contributed by atoms with Crippen molar-refractivity contribution in [3.8, 4) is 5.75 Å². The Kier molecular flexibility index (Phi) is 5.41. The van der Waals surface area contributed by atoms with Gasteiger partial charge in [-0.15, -0.1) is 0 Å². The highest BCUT2D eigenvalue weighted by Crippen LogP contribution is 2.28. The van der Waals surface area contributed by atoms with Crippen LogP contribution in [0.3, 0.4) is 0 Å². The Morgan fingerprint density at radius 3 is 2.62 bits per heavy atom. The van der Waals surface area contributed by atoms with Gasteiger partial charge < -0.3 is 10.1 Å². The summed E-state index contributed by atoms with van der Waals surface area (Å²) in [4.78, 5) is 23.0. The highest BCUT2D eigenvalue weighted by Gasteiger charge is 2.23. The number of hydrogen-bond acceptors (Lipinski definition) is 4. The molecular formula is C17H17ClN2O4. The van der Waals surface area contributed by atoms with Crippen LogP contribution in [0.1, 0.15) is 34.5 Å². The first-order chi connectivity index (χ1) is 11.3. The minimum atomic E-state index is -0.626. The predicted molar refractivity (Wildman–Crippen MR) is 91.7 cm³/mol. The van der Waals surface area contributed by atoms with Gasteiger partial charge in [-0.2, -0.15) is 0 Å². The summed E-state index contributed by atoms with van der Waals surface area (Å²) in [6, 6.07) is 9.19. The molecule has 0 saturated carbocycles. The minimum absolute atomic E-state index is 0.0390. The number of nitrogens with one attached hydrogen (secondary N) is 1. The minimum Gasteiger partial charge on any atom is -0.496 e. The van der Waals surface area contributed by atoms with Crippen LogP contribution >= 0.6 is 11.6 Å². The van der Waals surface area contributed by atoms with Gasteiger partial charge in [0.25, 0.3) is 11.6 Å². The molecule has 1 amide bonds. The van der Waals surface area contributed by atoms with Crippen LogP contribution in [0.15, 0.2) is 36.4 Å². The maximum absolute atomic E-state index is 12.5. The summed E-state index contributed by atoms with van der Waals surface area (Å²) >= 11 is 5.77. The van der Waals surface area contributed by atoms with E-state index >= 15 is 0 Å². The van der Waals surface area contributed by atoms with E-state index in [4.69, 9.17) is 16.3 Å². The fourth-order valence-corrected chi connectivity index (χ4v) is 2.56. The standard InChI is InChI=1S/C17H17ClN2O4/c1-10-4-7-16(24-3)14(8-10)11(2)19-17(21)13-6-5-12(18)9-15(13)20(22)23/h4-9,11H,1-3H3,(H,19,21). The second-order valence-corrected chi connectivity index (χ2v) is 5.80. The first-order valence-electron chi connectivity index (χ1n) is 7.23. The van der Waals surface area contributed by atoms with Crippen molar-refractivity contribution < 1.29 is 14.5 Å². The Morgan fingerprint density at radius 2 is 2.00 bits per heavy atom. The van der Waals surface area contributed by atoms with E-state index in [1.54, 1.807) is 14.0 Å². The number of nitro groups is 1. The first kappa shape index (κ1) is 17.7. The van der Waals surface area contributed by atoms with Crippen LogP contribution in [0.4, 0.5) is 5.69 Å². The van der Waals surface area contributed by atoms with Crippen molar-refractivity contribution in [3.05, 3.63) is 68.2 Å². The smallest absolute Gasteiger partial charge is 0.283 e. The zero-order chi connectivity index (χ0) is 17.9. The summed E-state index contributed by atoms with van der Waals surface area (Å²) in [6.45, 7) is 3.72. The summed E-state index contributed by atoms with van der Waals surface area (Å²) in [7, 11) is 1.55. The Morgan fingerprint density at radius 1 is 1.29 bits per heavy atom. The quantitative estimate of drug-likeness (QED) is 0.652. The van der Waals surface area contributed by atoms with Crippen molar-refractivity contribution in [1.29, 1.82) is 0 Å². The van der Waals surface area contributed by atoms with Gasteiger partial charge in [0.05, 0.1) is 18.1 Å². The SMILES string of the molecule is COc1ccc(C)cc1C(C)NC(=O)c1ccc(Cl)cc1[N+](=O)[O-]. The number of nitrogens with zero attached hydrogens (tertiary/aromatic N) is 1. The topological polar surface area (TPSA) is 81.5 Å². The fraction of sp³-hybridized carbons (Fsp3) is 0.235. The fourth-order valence-electron chi connectivity index (χ4n) is 2.39. The third-order valence-electron chi connectivity index (χ3n) is 3.60. The number of ether oxygens (including phenoxy) is 1. The number of carbonyl (C=O) groups excluding carboxylic acids is 1. The van der Waals surface area contributed by atoms with E-state index in [1.165, 1.54) is 12.1 Å². The molecule has 0 aliphatic carbocycles. The van der Waals surface area contributed by atoms with Crippen LogP contribution in [-0.4, -0.2) is 17.9 Å². The Balaban J connectivity index is 2.30. The average molecular weight is 349 g/mol. The second kappa shape index (κ2) is 7.31. The van der Waals surface area contributed by atoms with E-state index < -0.39 is 10.8 Å². The summed E-state index contributed by atoms with van der Waals surface area (Å²) in [5.74, 6) is 0.0911. The van der Waals surface area contributed by atoms with Crippen LogP contribution in [0.2, 0.25) is 5.02 Å². The first-order valence-corrected chi connectivity index (χ1v) is 7.60.